The molecule has 0 bridgehead atoms. The highest BCUT2D eigenvalue weighted by atomic mass is 35.5. The van der Waals surface area contributed by atoms with Gasteiger partial charge in [-0.1, -0.05) is 11.6 Å². The van der Waals surface area contributed by atoms with Crippen molar-refractivity contribution in [1.82, 2.24) is 0 Å². The number of halogens is 1. The molecule has 0 aliphatic rings. The second-order valence-electron chi connectivity index (χ2n) is 4.61. The van der Waals surface area contributed by atoms with Gasteiger partial charge in [-0.2, -0.15) is 0 Å². The molecule has 0 aliphatic heterocycles. The van der Waals surface area contributed by atoms with Crippen LogP contribution in [0.3, 0.4) is 0 Å². The first-order valence-corrected chi connectivity index (χ1v) is 6.47. The highest BCUT2D eigenvalue weighted by Crippen LogP contribution is 2.39. The lowest BCUT2D eigenvalue weighted by molar-refractivity contribution is 0.400. The molecule has 0 atom stereocenters. The van der Waals surface area contributed by atoms with Gasteiger partial charge < -0.3 is 24.8 Å². The zero-order valence-corrected chi connectivity index (χ0v) is 11.6. The van der Waals surface area contributed by atoms with Gasteiger partial charge in [-0.25, -0.2) is 0 Å². The summed E-state index contributed by atoms with van der Waals surface area (Å²) in [5, 5.41) is 38.1. The van der Waals surface area contributed by atoms with E-state index < -0.39 is 22.7 Å². The standard InChI is InChI=1S/C15H9ClO6/c16-7-4-11(20)14(21)15-13(7)10(19)5-12(22-15)6-1-2-8(17)9(18)3-6/h1-5,17-18,20-21H. The van der Waals surface area contributed by atoms with E-state index in [9.17, 15) is 25.2 Å². The summed E-state index contributed by atoms with van der Waals surface area (Å²) in [6.07, 6.45) is 0. The largest absolute Gasteiger partial charge is 0.504 e. The molecule has 0 aliphatic carbocycles. The Kier molecular flexibility index (Phi) is 3.11. The van der Waals surface area contributed by atoms with E-state index in [1.165, 1.54) is 18.2 Å². The van der Waals surface area contributed by atoms with Gasteiger partial charge in [0, 0.05) is 17.7 Å². The maximum atomic E-state index is 12.2. The number of aromatic hydroxyl groups is 4. The van der Waals surface area contributed by atoms with Gasteiger partial charge in [0.2, 0.25) is 5.75 Å². The lowest BCUT2D eigenvalue weighted by Crippen LogP contribution is -2.01. The average molecular weight is 321 g/mol. The van der Waals surface area contributed by atoms with E-state index in [2.05, 4.69) is 0 Å². The van der Waals surface area contributed by atoms with Crippen LogP contribution in [0.25, 0.3) is 22.3 Å². The molecule has 1 heterocycles. The first-order chi connectivity index (χ1) is 10.4. The Morgan fingerprint density at radius 2 is 1.64 bits per heavy atom. The van der Waals surface area contributed by atoms with Crippen molar-refractivity contribution in [2.75, 3.05) is 0 Å². The van der Waals surface area contributed by atoms with Crippen LogP contribution in [0.5, 0.6) is 23.0 Å². The van der Waals surface area contributed by atoms with Gasteiger partial charge in [0.05, 0.1) is 10.4 Å². The molecule has 1 aromatic heterocycles. The lowest BCUT2D eigenvalue weighted by atomic mass is 10.1. The molecule has 0 saturated heterocycles. The summed E-state index contributed by atoms with van der Waals surface area (Å²) in [7, 11) is 0. The van der Waals surface area contributed by atoms with E-state index in [-0.39, 0.29) is 27.5 Å². The molecule has 112 valence electrons. The van der Waals surface area contributed by atoms with Crippen molar-refractivity contribution in [3.05, 3.63) is 45.6 Å². The first-order valence-electron chi connectivity index (χ1n) is 6.09. The van der Waals surface area contributed by atoms with Crippen molar-refractivity contribution >= 4 is 22.6 Å². The molecule has 3 aromatic rings. The molecule has 0 amide bonds. The molecule has 3 rings (SSSR count). The van der Waals surface area contributed by atoms with Crippen molar-refractivity contribution in [3.8, 4) is 34.3 Å². The number of phenolic OH excluding ortho intramolecular Hbond substituents is 4. The number of hydrogen-bond acceptors (Lipinski definition) is 6. The smallest absolute Gasteiger partial charge is 0.202 e. The number of rotatable bonds is 1. The van der Waals surface area contributed by atoms with Gasteiger partial charge in [0.15, 0.2) is 28.3 Å². The molecule has 0 fully saturated rings. The SMILES string of the molecule is O=c1cc(-c2ccc(O)c(O)c2)oc2c(O)c(O)cc(Cl)c12. The second-order valence-corrected chi connectivity index (χ2v) is 5.02. The predicted molar refractivity (Wildman–Crippen MR) is 79.6 cm³/mol. The molecule has 0 radical (unpaired) electrons. The number of fused-ring (bicyclic) bond motifs is 1. The minimum atomic E-state index is -0.610. The van der Waals surface area contributed by atoms with Gasteiger partial charge >= 0.3 is 0 Å². The van der Waals surface area contributed by atoms with Crippen LogP contribution >= 0.6 is 11.6 Å². The summed E-state index contributed by atoms with van der Waals surface area (Å²) >= 11 is 5.88. The van der Waals surface area contributed by atoms with Crippen LogP contribution in [-0.4, -0.2) is 20.4 Å². The molecule has 6 nitrogen and oxygen atoms in total. The minimum Gasteiger partial charge on any atom is -0.504 e. The molecule has 0 unspecified atom stereocenters. The van der Waals surface area contributed by atoms with Gasteiger partial charge in [-0.3, -0.25) is 4.79 Å². The summed E-state index contributed by atoms with van der Waals surface area (Å²) in [5.74, 6) is -1.81. The van der Waals surface area contributed by atoms with Crippen LogP contribution in [-0.2, 0) is 0 Å². The molecule has 7 heteroatoms. The van der Waals surface area contributed by atoms with Gasteiger partial charge in [0.1, 0.15) is 5.76 Å². The average Bonchev–Trinajstić information content (AvgIpc) is 2.47. The molecule has 0 saturated carbocycles. The fourth-order valence-electron chi connectivity index (χ4n) is 2.08. The van der Waals surface area contributed by atoms with Crippen LogP contribution in [0.4, 0.5) is 0 Å². The topological polar surface area (TPSA) is 111 Å². The summed E-state index contributed by atoms with van der Waals surface area (Å²) in [6, 6.07) is 6.02. The normalized spacial score (nSPS) is 11.0. The van der Waals surface area contributed by atoms with Crippen LogP contribution in [0.2, 0.25) is 5.02 Å². The van der Waals surface area contributed by atoms with Crippen LogP contribution in [0, 0.1) is 0 Å². The van der Waals surface area contributed by atoms with E-state index in [1.807, 2.05) is 0 Å². The second kappa shape index (κ2) is 4.85. The third-order valence-electron chi connectivity index (χ3n) is 3.17. The maximum Gasteiger partial charge on any atom is 0.202 e. The highest BCUT2D eigenvalue weighted by Gasteiger charge is 2.17. The van der Waals surface area contributed by atoms with E-state index in [1.54, 1.807) is 0 Å². The van der Waals surface area contributed by atoms with Gasteiger partial charge in [-0.05, 0) is 18.2 Å². The van der Waals surface area contributed by atoms with E-state index in [4.69, 9.17) is 16.0 Å². The zero-order chi connectivity index (χ0) is 16.0. The van der Waals surface area contributed by atoms with Gasteiger partial charge in [-0.15, -0.1) is 0 Å². The Labute approximate surface area is 128 Å². The first kappa shape index (κ1) is 14.1. The third-order valence-corrected chi connectivity index (χ3v) is 3.47. The predicted octanol–water partition coefficient (Wildman–Crippen LogP) is 2.94. The fourth-order valence-corrected chi connectivity index (χ4v) is 2.36. The van der Waals surface area contributed by atoms with Crippen LogP contribution in [0.15, 0.2) is 39.5 Å². The van der Waals surface area contributed by atoms with Crippen molar-refractivity contribution in [2.24, 2.45) is 0 Å². The summed E-state index contributed by atoms with van der Waals surface area (Å²) in [5.41, 5.74) is -0.489. The summed E-state index contributed by atoms with van der Waals surface area (Å²) < 4.78 is 5.43. The number of hydrogen-bond donors (Lipinski definition) is 4. The Bertz CT molecular complexity index is 960. The molecule has 4 N–H and O–H groups in total. The Balaban J connectivity index is 2.35. The monoisotopic (exact) mass is 320 g/mol. The van der Waals surface area contributed by atoms with E-state index >= 15 is 0 Å². The van der Waals surface area contributed by atoms with Crippen molar-refractivity contribution < 1.29 is 24.8 Å². The summed E-state index contributed by atoms with van der Waals surface area (Å²) in [6.45, 7) is 0. The van der Waals surface area contributed by atoms with Crippen molar-refractivity contribution in [3.63, 3.8) is 0 Å². The molecular formula is C15H9ClO6. The zero-order valence-electron chi connectivity index (χ0n) is 10.9. The van der Waals surface area contributed by atoms with Crippen molar-refractivity contribution in [2.45, 2.75) is 0 Å². The van der Waals surface area contributed by atoms with Crippen LogP contribution in [0.1, 0.15) is 0 Å². The van der Waals surface area contributed by atoms with E-state index in [0.717, 1.165) is 12.1 Å². The molecule has 22 heavy (non-hydrogen) atoms. The number of phenols is 4. The highest BCUT2D eigenvalue weighted by molar-refractivity contribution is 6.35. The quantitative estimate of drug-likeness (QED) is 0.513. The van der Waals surface area contributed by atoms with Gasteiger partial charge in [0.25, 0.3) is 0 Å². The maximum absolute atomic E-state index is 12.2. The molecule has 2 aromatic carbocycles. The minimum absolute atomic E-state index is 0.0322. The fraction of sp³-hybridized carbons (Fsp3) is 0. The van der Waals surface area contributed by atoms with E-state index in [0.29, 0.717) is 5.56 Å². The Morgan fingerprint density at radius 3 is 2.32 bits per heavy atom. The molecule has 0 spiro atoms. The van der Waals surface area contributed by atoms with Crippen LogP contribution < -0.4 is 5.43 Å². The lowest BCUT2D eigenvalue weighted by Gasteiger charge is -2.08. The Morgan fingerprint density at radius 1 is 0.909 bits per heavy atom. The van der Waals surface area contributed by atoms with Crippen molar-refractivity contribution in [1.29, 1.82) is 0 Å². The summed E-state index contributed by atoms with van der Waals surface area (Å²) in [4.78, 5) is 12.2. The molecular weight excluding hydrogens is 312 g/mol. The number of benzene rings is 2. The Hall–Kier alpha value is -2.86. The third kappa shape index (κ3) is 2.10.